The molecule has 0 aliphatic carbocycles. The maximum absolute atomic E-state index is 13.2. The number of methoxy groups -OCH3 is 2. The summed E-state index contributed by atoms with van der Waals surface area (Å²) in [5.41, 5.74) is 1.59. The van der Waals surface area contributed by atoms with Gasteiger partial charge in [0.15, 0.2) is 5.43 Å². The largest absolute Gasteiger partial charge is 0.496 e. The van der Waals surface area contributed by atoms with Crippen molar-refractivity contribution in [2.75, 3.05) is 34.4 Å². The van der Waals surface area contributed by atoms with Gasteiger partial charge in [-0.15, -0.1) is 12.4 Å². The van der Waals surface area contributed by atoms with Gasteiger partial charge in [-0.3, -0.25) is 4.79 Å². The number of benzene rings is 2. The molecule has 1 N–H and O–H groups in total. The van der Waals surface area contributed by atoms with Gasteiger partial charge < -0.3 is 23.9 Å². The summed E-state index contributed by atoms with van der Waals surface area (Å²) in [5.74, 6) is 1.27. The van der Waals surface area contributed by atoms with Crippen LogP contribution in [0.5, 0.6) is 11.5 Å². The smallest absolute Gasteiger partial charge is 0.197 e. The summed E-state index contributed by atoms with van der Waals surface area (Å²) in [6.07, 6.45) is 0.805. The summed E-state index contributed by atoms with van der Waals surface area (Å²) in [6.45, 7) is 0.813. The Morgan fingerprint density at radius 3 is 2.55 bits per heavy atom. The Hall–Kier alpha value is -2.25. The summed E-state index contributed by atoms with van der Waals surface area (Å²) in [5, 5.41) is 10.9. The quantitative estimate of drug-likeness (QED) is 0.604. The van der Waals surface area contributed by atoms with Gasteiger partial charge in [0, 0.05) is 35.2 Å². The van der Waals surface area contributed by atoms with Crippen LogP contribution in [0.2, 0.25) is 5.02 Å². The van der Waals surface area contributed by atoms with Crippen molar-refractivity contribution in [3.05, 3.63) is 57.2 Å². The van der Waals surface area contributed by atoms with Gasteiger partial charge in [-0.05, 0) is 32.1 Å². The van der Waals surface area contributed by atoms with Crippen molar-refractivity contribution >= 4 is 35.0 Å². The van der Waals surface area contributed by atoms with Gasteiger partial charge in [-0.1, -0.05) is 23.7 Å². The molecule has 8 heteroatoms. The number of aliphatic hydroxyl groups excluding tert-OH is 1. The molecule has 2 atom stereocenters. The zero-order chi connectivity index (χ0) is 21.4. The lowest BCUT2D eigenvalue weighted by molar-refractivity contribution is 0.171. The fraction of sp³-hybridized carbons (Fsp3) is 0.348. The molecule has 0 unspecified atom stereocenters. The average Bonchev–Trinajstić information content (AvgIpc) is 3.12. The number of aliphatic hydroxyl groups is 1. The van der Waals surface area contributed by atoms with Crippen LogP contribution in [-0.4, -0.2) is 50.5 Å². The van der Waals surface area contributed by atoms with E-state index in [0.29, 0.717) is 38.8 Å². The van der Waals surface area contributed by atoms with Gasteiger partial charge in [0.25, 0.3) is 0 Å². The van der Waals surface area contributed by atoms with Crippen LogP contribution in [0.15, 0.2) is 45.6 Å². The highest BCUT2D eigenvalue weighted by Gasteiger charge is 2.37. The SMILES string of the molecule is COc1cc(OC)c2c(=O)cc(-c3ccccc3Cl)oc2c1[C@@H]1CCN(C)[C@H]1CO.Cl. The number of ether oxygens (including phenoxy) is 2. The molecule has 0 bridgehead atoms. The summed E-state index contributed by atoms with van der Waals surface area (Å²) < 4.78 is 17.5. The average molecular weight is 466 g/mol. The van der Waals surface area contributed by atoms with E-state index in [1.165, 1.54) is 13.2 Å². The highest BCUT2D eigenvalue weighted by Crippen LogP contribution is 2.45. The molecule has 0 saturated carbocycles. The predicted octanol–water partition coefficient (Wildman–Crippen LogP) is 4.33. The van der Waals surface area contributed by atoms with Gasteiger partial charge in [-0.2, -0.15) is 0 Å². The molecule has 166 valence electrons. The molecule has 1 saturated heterocycles. The molecule has 0 spiro atoms. The van der Waals surface area contributed by atoms with E-state index in [0.717, 1.165) is 18.5 Å². The minimum Gasteiger partial charge on any atom is -0.496 e. The number of fused-ring (bicyclic) bond motifs is 1. The molecule has 4 rings (SSSR count). The second kappa shape index (κ2) is 9.49. The van der Waals surface area contributed by atoms with E-state index in [2.05, 4.69) is 4.90 Å². The fourth-order valence-electron chi connectivity index (χ4n) is 4.38. The van der Waals surface area contributed by atoms with Crippen LogP contribution in [0, 0.1) is 0 Å². The van der Waals surface area contributed by atoms with Crippen LogP contribution >= 0.6 is 24.0 Å². The van der Waals surface area contributed by atoms with Gasteiger partial charge in [-0.25, -0.2) is 0 Å². The van der Waals surface area contributed by atoms with Gasteiger partial charge in [0.1, 0.15) is 28.2 Å². The fourth-order valence-corrected chi connectivity index (χ4v) is 4.61. The second-order valence-corrected chi connectivity index (χ2v) is 7.89. The summed E-state index contributed by atoms with van der Waals surface area (Å²) in [6, 6.07) is 10.3. The molecular weight excluding hydrogens is 441 g/mol. The van der Waals surface area contributed by atoms with Crippen LogP contribution in [0.1, 0.15) is 17.9 Å². The Bertz CT molecular complexity index is 1150. The van der Waals surface area contributed by atoms with E-state index in [1.54, 1.807) is 19.2 Å². The molecule has 2 heterocycles. The number of rotatable bonds is 5. The Morgan fingerprint density at radius 2 is 1.90 bits per heavy atom. The van der Waals surface area contributed by atoms with E-state index in [9.17, 15) is 9.90 Å². The summed E-state index contributed by atoms with van der Waals surface area (Å²) in [7, 11) is 5.06. The highest BCUT2D eigenvalue weighted by molar-refractivity contribution is 6.33. The van der Waals surface area contributed by atoms with Crippen LogP contribution in [-0.2, 0) is 0 Å². The number of halogens is 2. The molecule has 6 nitrogen and oxygen atoms in total. The Kier molecular flexibility index (Phi) is 7.17. The zero-order valence-corrected chi connectivity index (χ0v) is 19.1. The van der Waals surface area contributed by atoms with E-state index in [4.69, 9.17) is 25.5 Å². The van der Waals surface area contributed by atoms with E-state index >= 15 is 0 Å². The minimum absolute atomic E-state index is 0. The van der Waals surface area contributed by atoms with Crippen molar-refractivity contribution in [2.45, 2.75) is 18.4 Å². The topological polar surface area (TPSA) is 72.1 Å². The van der Waals surface area contributed by atoms with Gasteiger partial charge >= 0.3 is 0 Å². The first-order valence-corrected chi connectivity index (χ1v) is 10.2. The Labute approximate surface area is 191 Å². The molecule has 0 amide bonds. The number of likely N-dealkylation sites (N-methyl/N-ethyl adjacent to an activating group) is 1. The third kappa shape index (κ3) is 4.01. The number of hydrogen-bond acceptors (Lipinski definition) is 6. The van der Waals surface area contributed by atoms with Crippen LogP contribution < -0.4 is 14.9 Å². The summed E-state index contributed by atoms with van der Waals surface area (Å²) in [4.78, 5) is 15.3. The lowest BCUT2D eigenvalue weighted by Gasteiger charge is -2.25. The molecule has 0 radical (unpaired) electrons. The standard InChI is InChI=1S/C23H24ClNO5.ClH/c1-25-9-8-14(16(25)12-26)21-19(28-2)11-20(29-3)22-17(27)10-18(30-23(21)22)13-6-4-5-7-15(13)24;/h4-7,10-11,14,16,26H,8-9,12H2,1-3H3;1H/t14-,16+;/m1./s1. The monoisotopic (exact) mass is 465 g/mol. The van der Waals surface area contributed by atoms with Crippen LogP contribution in [0.3, 0.4) is 0 Å². The molecule has 31 heavy (non-hydrogen) atoms. The molecule has 1 fully saturated rings. The van der Waals surface area contributed by atoms with E-state index in [-0.39, 0.29) is 36.4 Å². The maximum Gasteiger partial charge on any atom is 0.197 e. The van der Waals surface area contributed by atoms with Gasteiger partial charge in [0.2, 0.25) is 0 Å². The van der Waals surface area contributed by atoms with E-state index < -0.39 is 0 Å². The first kappa shape index (κ1) is 23.4. The van der Waals surface area contributed by atoms with Crippen LogP contribution in [0.4, 0.5) is 0 Å². The van der Waals surface area contributed by atoms with Crippen LogP contribution in [0.25, 0.3) is 22.3 Å². The van der Waals surface area contributed by atoms with E-state index in [1.807, 2.05) is 25.2 Å². The van der Waals surface area contributed by atoms with Crippen molar-refractivity contribution in [1.82, 2.24) is 4.90 Å². The first-order chi connectivity index (χ1) is 14.5. The lowest BCUT2D eigenvalue weighted by Crippen LogP contribution is -2.32. The lowest BCUT2D eigenvalue weighted by atomic mass is 9.89. The van der Waals surface area contributed by atoms with Gasteiger partial charge in [0.05, 0.1) is 25.8 Å². The Morgan fingerprint density at radius 1 is 1.19 bits per heavy atom. The number of likely N-dealkylation sites (tertiary alicyclic amines) is 1. The molecule has 3 aromatic rings. The number of hydrogen-bond donors (Lipinski definition) is 1. The molecular formula is C23H25Cl2NO5. The third-order valence-electron chi connectivity index (χ3n) is 5.93. The molecule has 1 aliphatic heterocycles. The number of nitrogens with zero attached hydrogens (tertiary/aromatic N) is 1. The summed E-state index contributed by atoms with van der Waals surface area (Å²) >= 11 is 6.36. The molecule has 2 aromatic carbocycles. The Balaban J connectivity index is 0.00000272. The second-order valence-electron chi connectivity index (χ2n) is 7.48. The van der Waals surface area contributed by atoms with Crippen molar-refractivity contribution in [3.63, 3.8) is 0 Å². The predicted molar refractivity (Wildman–Crippen MR) is 124 cm³/mol. The maximum atomic E-state index is 13.2. The third-order valence-corrected chi connectivity index (χ3v) is 6.26. The van der Waals surface area contributed by atoms with Crippen molar-refractivity contribution in [1.29, 1.82) is 0 Å². The van der Waals surface area contributed by atoms with Crippen molar-refractivity contribution in [2.24, 2.45) is 0 Å². The minimum atomic E-state index is -0.223. The molecule has 1 aromatic heterocycles. The van der Waals surface area contributed by atoms with Crippen molar-refractivity contribution in [3.8, 4) is 22.8 Å². The highest BCUT2D eigenvalue weighted by atomic mass is 35.5. The zero-order valence-electron chi connectivity index (χ0n) is 17.6. The van der Waals surface area contributed by atoms with Crippen molar-refractivity contribution < 1.29 is 19.0 Å². The normalized spacial score (nSPS) is 18.7. The molecule has 1 aliphatic rings. The first-order valence-electron chi connectivity index (χ1n) is 9.78.